The van der Waals surface area contributed by atoms with Gasteiger partial charge in [-0.25, -0.2) is 24.2 Å². The number of aliphatic carboxylic acids is 2. The van der Waals surface area contributed by atoms with Crippen molar-refractivity contribution in [2.45, 2.75) is 31.0 Å². The molecule has 3 aliphatic rings. The number of thioether (sulfide) groups is 1. The maximum Gasteiger partial charge on any atom is 0.352 e. The number of halogens is 1. The normalized spacial score (nSPS) is 18.8. The summed E-state index contributed by atoms with van der Waals surface area (Å²) in [5.41, 5.74) is 10.7. The summed E-state index contributed by atoms with van der Waals surface area (Å²) in [7, 11) is 0. The standard InChI is InChI=1S/C30H33ClN12O11S2/c1-12(28(49)50)54-40-19(18-22(31)56-30(33)39-18)25(47)38-20-26(48)43-21(29(51)52)13(10-55-27(20)43)7-41-8-14(23(37-11-41)35-3-2-32)34-4-5-36-24(46)15-6-16(44)17(45)9-42(15)53/h6,8,11-12,20,27,34,53H,2-5,7,9-10,32H2,1H3,(H6,33,36,38,39,46,47,49,50,51,52)/p+1/b40-19-/t12-,20+,27+/m0/s1. The van der Waals surface area contributed by atoms with Gasteiger partial charge in [0, 0.05) is 43.6 Å². The highest BCUT2D eigenvalue weighted by Crippen LogP contribution is 2.40. The monoisotopic (exact) mass is 837 g/mol. The van der Waals surface area contributed by atoms with Crippen LogP contribution in [-0.4, -0.2) is 138 Å². The first-order chi connectivity index (χ1) is 26.6. The number of carboxylic acids is 2. The summed E-state index contributed by atoms with van der Waals surface area (Å²) < 4.78 is 1.52. The number of hydrogen-bond donors (Lipinski definition) is 9. The minimum Gasteiger partial charge on any atom is -0.478 e. The molecule has 0 unspecified atom stereocenters. The Morgan fingerprint density at radius 1 is 1.18 bits per heavy atom. The van der Waals surface area contributed by atoms with E-state index in [2.05, 4.69) is 36.4 Å². The Morgan fingerprint density at radius 3 is 2.59 bits per heavy atom. The lowest BCUT2D eigenvalue weighted by atomic mass is 10.0. The second-order valence-electron chi connectivity index (χ2n) is 11.9. The number of fused-ring (bicyclic) bond motifs is 1. The number of nitrogens with one attached hydrogen (secondary N) is 4. The fourth-order valence-corrected chi connectivity index (χ4v) is 7.56. The number of β-lactam (4-membered cyclic amide) rings is 1. The molecule has 0 spiro atoms. The molecular weight excluding hydrogens is 804 g/mol. The molecule has 11 N–H and O–H groups in total. The third-order valence-electron chi connectivity index (χ3n) is 8.00. The molecule has 56 heavy (non-hydrogen) atoms. The number of rotatable bonds is 17. The molecule has 1 saturated heterocycles. The van der Waals surface area contributed by atoms with Crippen molar-refractivity contribution in [2.24, 2.45) is 10.9 Å². The van der Waals surface area contributed by atoms with Crippen LogP contribution in [0.1, 0.15) is 12.6 Å². The number of Topliss-reactive ketones (excluding diaryl/α,β-unsaturated/α-hetero) is 1. The molecule has 0 aromatic carbocycles. The van der Waals surface area contributed by atoms with Crippen molar-refractivity contribution in [3.63, 3.8) is 0 Å². The van der Waals surface area contributed by atoms with Crippen LogP contribution >= 0.6 is 34.7 Å². The number of nitrogens with two attached hydrogens (primary N) is 2. The predicted octanol–water partition coefficient (Wildman–Crippen LogP) is -2.68. The van der Waals surface area contributed by atoms with Gasteiger partial charge in [0.15, 0.2) is 10.8 Å². The largest absolute Gasteiger partial charge is 0.478 e. The van der Waals surface area contributed by atoms with Crippen LogP contribution in [0.4, 0.5) is 16.6 Å². The molecule has 2 aromatic heterocycles. The maximum absolute atomic E-state index is 13.4. The molecule has 5 rings (SSSR count). The van der Waals surface area contributed by atoms with Crippen LogP contribution in [0.25, 0.3) is 0 Å². The average molecular weight is 838 g/mol. The van der Waals surface area contributed by atoms with Gasteiger partial charge in [0.25, 0.3) is 29.9 Å². The van der Waals surface area contributed by atoms with Gasteiger partial charge in [0.1, 0.15) is 57.8 Å². The predicted molar refractivity (Wildman–Crippen MR) is 196 cm³/mol. The number of hydroxylamine groups is 2. The van der Waals surface area contributed by atoms with Crippen LogP contribution in [0.15, 0.2) is 40.7 Å². The number of thiazole rings is 1. The van der Waals surface area contributed by atoms with Gasteiger partial charge in [-0.2, -0.15) is 0 Å². The van der Waals surface area contributed by atoms with Crippen molar-refractivity contribution in [3.05, 3.63) is 45.6 Å². The molecule has 1 fully saturated rings. The molecule has 0 bridgehead atoms. The topological polar surface area (TPSA) is 338 Å². The van der Waals surface area contributed by atoms with E-state index in [1.54, 1.807) is 10.8 Å². The first-order valence-corrected chi connectivity index (χ1v) is 18.6. The van der Waals surface area contributed by atoms with Gasteiger partial charge in [-0.05, 0) is 11.9 Å². The Kier molecular flexibility index (Phi) is 13.1. The van der Waals surface area contributed by atoms with Crippen LogP contribution in [0.5, 0.6) is 0 Å². The number of anilines is 3. The van der Waals surface area contributed by atoms with Gasteiger partial charge >= 0.3 is 11.9 Å². The van der Waals surface area contributed by atoms with E-state index in [1.807, 2.05) is 0 Å². The molecule has 5 heterocycles. The Labute approximate surface area is 328 Å². The van der Waals surface area contributed by atoms with Gasteiger partial charge in [-0.15, -0.1) is 11.8 Å². The number of ketones is 2. The zero-order valence-corrected chi connectivity index (χ0v) is 31.4. The van der Waals surface area contributed by atoms with E-state index in [0.29, 0.717) is 28.7 Å². The lowest BCUT2D eigenvalue weighted by Gasteiger charge is -2.49. The number of nitrogen functional groups attached to an aromatic ring is 1. The third-order valence-corrected chi connectivity index (χ3v) is 10.4. The fraction of sp³-hybridized carbons (Fsp3) is 0.367. The first-order valence-electron chi connectivity index (χ1n) is 16.3. The van der Waals surface area contributed by atoms with Crippen molar-refractivity contribution in [3.8, 4) is 0 Å². The quantitative estimate of drug-likeness (QED) is 0.0196. The van der Waals surface area contributed by atoms with Gasteiger partial charge < -0.3 is 47.8 Å². The molecule has 3 amide bonds. The Bertz CT molecular complexity index is 2080. The second-order valence-corrected chi connectivity index (χ2v) is 14.6. The van der Waals surface area contributed by atoms with E-state index >= 15 is 0 Å². The Balaban J connectivity index is 1.29. The molecule has 0 radical (unpaired) electrons. The van der Waals surface area contributed by atoms with Gasteiger partial charge in [-0.1, -0.05) is 28.1 Å². The number of carbonyl (C=O) groups is 7. The molecule has 26 heteroatoms. The van der Waals surface area contributed by atoms with E-state index in [9.17, 15) is 43.9 Å². The molecule has 0 saturated carbocycles. The number of amides is 3. The molecule has 3 aliphatic heterocycles. The fourth-order valence-electron chi connectivity index (χ4n) is 5.30. The SMILES string of the molecule is C[C@H](O/N=C(\C(=O)N[C@@H]1C(=O)N2C(C(=O)O)=C(C[n+]3cnc(NCCN)c(NCCNC(=O)C4=CC(=O)C(=O)CN4O)c3)CS[C@H]12)c1nc(N)sc1Cl)C(=O)O. The summed E-state index contributed by atoms with van der Waals surface area (Å²) in [5.74, 6) is -6.57. The van der Waals surface area contributed by atoms with E-state index in [-0.39, 0.29) is 58.5 Å². The molecular formula is C30H34ClN12O11S2+. The van der Waals surface area contributed by atoms with Crippen molar-refractivity contribution in [2.75, 3.05) is 54.8 Å². The number of carboxylic acid groups (broad SMARTS) is 2. The van der Waals surface area contributed by atoms with Gasteiger partial charge in [0.05, 0.1) is 0 Å². The zero-order valence-electron chi connectivity index (χ0n) is 29.1. The average Bonchev–Trinajstić information content (AvgIpc) is 3.49. The van der Waals surface area contributed by atoms with E-state index in [4.69, 9.17) is 33.0 Å². The summed E-state index contributed by atoms with van der Waals surface area (Å²) in [5, 5.41) is 43.6. The second kappa shape index (κ2) is 17.7. The maximum atomic E-state index is 13.4. The Morgan fingerprint density at radius 2 is 1.93 bits per heavy atom. The van der Waals surface area contributed by atoms with Crippen LogP contribution in [-0.2, 0) is 44.9 Å². The van der Waals surface area contributed by atoms with Crippen molar-refractivity contribution in [1.29, 1.82) is 0 Å². The van der Waals surface area contributed by atoms with Crippen molar-refractivity contribution >= 4 is 98.3 Å². The van der Waals surface area contributed by atoms with Gasteiger partial charge in [0.2, 0.25) is 17.7 Å². The van der Waals surface area contributed by atoms with Crippen LogP contribution in [0, 0.1) is 0 Å². The van der Waals surface area contributed by atoms with E-state index in [0.717, 1.165) is 22.3 Å². The molecule has 23 nitrogen and oxygen atoms in total. The third kappa shape index (κ3) is 9.14. The lowest BCUT2D eigenvalue weighted by Crippen LogP contribution is -2.71. The van der Waals surface area contributed by atoms with Crippen molar-refractivity contribution < 1.29 is 58.4 Å². The molecule has 3 atom stereocenters. The van der Waals surface area contributed by atoms with Gasteiger partial charge in [-0.3, -0.25) is 34.1 Å². The number of oxime groups is 1. The summed E-state index contributed by atoms with van der Waals surface area (Å²) in [4.78, 5) is 101. The molecule has 0 aliphatic carbocycles. The first kappa shape index (κ1) is 41.3. The van der Waals surface area contributed by atoms with Crippen LogP contribution < -0.4 is 37.3 Å². The zero-order chi connectivity index (χ0) is 40.8. The summed E-state index contributed by atoms with van der Waals surface area (Å²) >= 11 is 8.18. The number of carbonyl (C=O) groups excluding carboxylic acids is 5. The lowest BCUT2D eigenvalue weighted by molar-refractivity contribution is -0.691. The van der Waals surface area contributed by atoms with Crippen LogP contribution in [0.3, 0.4) is 0 Å². The highest BCUT2D eigenvalue weighted by molar-refractivity contribution is 8.00. The minimum atomic E-state index is -1.46. The van der Waals surface area contributed by atoms with E-state index < -0.39 is 71.0 Å². The van der Waals surface area contributed by atoms with Crippen molar-refractivity contribution in [1.82, 2.24) is 30.6 Å². The minimum absolute atomic E-state index is 0.00515. The smallest absolute Gasteiger partial charge is 0.352 e. The number of nitrogens with zero attached hydrogens (tertiary/aromatic N) is 6. The summed E-state index contributed by atoms with van der Waals surface area (Å²) in [6.45, 7) is 1.25. The number of hydrogen-bond acceptors (Lipinski definition) is 19. The number of allylic oxidation sites excluding steroid dienone is 1. The molecule has 298 valence electrons. The van der Waals surface area contributed by atoms with Crippen LogP contribution in [0.2, 0.25) is 4.34 Å². The summed E-state index contributed by atoms with van der Waals surface area (Å²) in [6.07, 6.45) is 2.34. The van der Waals surface area contributed by atoms with E-state index in [1.165, 1.54) is 25.0 Å². The highest BCUT2D eigenvalue weighted by atomic mass is 35.5. The number of aromatic nitrogens is 3. The molecule has 2 aromatic rings. The summed E-state index contributed by atoms with van der Waals surface area (Å²) in [6, 6.07) is -1.21. The Hall–Kier alpha value is -5.89. The highest BCUT2D eigenvalue weighted by Gasteiger charge is 2.54.